The molecule has 0 spiro atoms. The monoisotopic (exact) mass is 314 g/mol. The molecular weight excluding hydrogens is 296 g/mol. The fraction of sp³-hybridized carbons (Fsp3) is 0.333. The Hall–Kier alpha value is -2.90. The third kappa shape index (κ3) is 3.01. The molecule has 1 N–H and O–H groups in total. The molecule has 0 amide bonds. The van der Waals surface area contributed by atoms with Crippen molar-refractivity contribution in [1.82, 2.24) is 20.3 Å². The lowest BCUT2D eigenvalue weighted by atomic mass is 10.3. The average Bonchev–Trinajstić information content (AvgIpc) is 3.04. The molecule has 1 aromatic carbocycles. The second-order valence-corrected chi connectivity index (χ2v) is 4.83. The minimum Gasteiger partial charge on any atom is -0.497 e. The zero-order valence-corrected chi connectivity index (χ0v) is 13.3. The molecule has 0 aliphatic rings. The van der Waals surface area contributed by atoms with Crippen molar-refractivity contribution in [1.29, 1.82) is 0 Å². The van der Waals surface area contributed by atoms with Crippen LogP contribution in [0.2, 0.25) is 0 Å². The first kappa shape index (κ1) is 15.0. The number of methoxy groups -OCH3 is 1. The van der Waals surface area contributed by atoms with Crippen molar-refractivity contribution < 1.29 is 9.37 Å². The molecule has 8 heteroatoms. The molecule has 2 aromatic heterocycles. The lowest BCUT2D eigenvalue weighted by Crippen LogP contribution is -2.24. The highest BCUT2D eigenvalue weighted by molar-refractivity contribution is 5.77. The highest BCUT2D eigenvalue weighted by Crippen LogP contribution is 2.27. The molecule has 0 aliphatic heterocycles. The molecule has 0 unspecified atom stereocenters. The fourth-order valence-electron chi connectivity index (χ4n) is 2.27. The summed E-state index contributed by atoms with van der Waals surface area (Å²) in [5.41, 5.74) is 1.65. The Kier molecular flexibility index (Phi) is 4.22. The molecule has 0 saturated heterocycles. The van der Waals surface area contributed by atoms with Gasteiger partial charge < -0.3 is 15.0 Å². The summed E-state index contributed by atoms with van der Waals surface area (Å²) < 4.78 is 9.88. The molecule has 0 saturated carbocycles. The van der Waals surface area contributed by atoms with E-state index in [1.807, 2.05) is 24.3 Å². The second-order valence-electron chi connectivity index (χ2n) is 4.83. The van der Waals surface area contributed by atoms with E-state index in [4.69, 9.17) is 9.37 Å². The first-order valence-electron chi connectivity index (χ1n) is 7.41. The zero-order chi connectivity index (χ0) is 16.2. The van der Waals surface area contributed by atoms with Crippen LogP contribution in [0.25, 0.3) is 11.3 Å². The summed E-state index contributed by atoms with van der Waals surface area (Å²) in [6.07, 6.45) is 0. The van der Waals surface area contributed by atoms with Gasteiger partial charge in [-0.1, -0.05) is 0 Å². The van der Waals surface area contributed by atoms with E-state index < -0.39 is 0 Å². The number of hydrogen-bond acceptors (Lipinski definition) is 8. The van der Waals surface area contributed by atoms with Gasteiger partial charge in [-0.05, 0) is 48.4 Å². The van der Waals surface area contributed by atoms with Gasteiger partial charge in [-0.15, -0.1) is 0 Å². The first-order valence-corrected chi connectivity index (χ1v) is 7.41. The number of nitrogens with one attached hydrogen (secondary N) is 1. The van der Waals surface area contributed by atoms with Crippen LogP contribution in [0, 0.1) is 0 Å². The van der Waals surface area contributed by atoms with Gasteiger partial charge in [0.05, 0.1) is 7.11 Å². The SMILES string of the molecule is CCN(CC)c1nc2nonc2nc1Nc1ccc(OC)cc1. The standard InChI is InChI=1S/C15H18N6O2/c1-4-21(5-2)15-14(17-12-13(18-15)20-23-19-12)16-10-6-8-11(22-3)9-7-10/h6-9H,4-5H2,1-3H3,(H,16,17,19). The number of benzene rings is 1. The Labute approximate surface area is 133 Å². The van der Waals surface area contributed by atoms with Crippen LogP contribution in [-0.4, -0.2) is 40.5 Å². The van der Waals surface area contributed by atoms with Crippen LogP contribution in [0.15, 0.2) is 28.9 Å². The predicted octanol–water partition coefficient (Wildman–Crippen LogP) is 2.61. The van der Waals surface area contributed by atoms with E-state index in [9.17, 15) is 0 Å². The van der Waals surface area contributed by atoms with Gasteiger partial charge in [0.2, 0.25) is 11.3 Å². The number of rotatable bonds is 6. The third-order valence-electron chi connectivity index (χ3n) is 3.51. The van der Waals surface area contributed by atoms with Crippen molar-refractivity contribution in [3.05, 3.63) is 24.3 Å². The molecule has 3 rings (SSSR count). The first-order chi connectivity index (χ1) is 11.2. The summed E-state index contributed by atoms with van der Waals surface area (Å²) in [7, 11) is 1.64. The number of hydrogen-bond donors (Lipinski definition) is 1. The van der Waals surface area contributed by atoms with Gasteiger partial charge in [0, 0.05) is 18.8 Å². The molecule has 0 atom stereocenters. The molecule has 120 valence electrons. The smallest absolute Gasteiger partial charge is 0.245 e. The van der Waals surface area contributed by atoms with E-state index in [2.05, 4.69) is 44.3 Å². The van der Waals surface area contributed by atoms with E-state index in [0.717, 1.165) is 24.5 Å². The number of anilines is 3. The van der Waals surface area contributed by atoms with Crippen molar-refractivity contribution in [3.8, 4) is 5.75 Å². The second kappa shape index (κ2) is 6.47. The van der Waals surface area contributed by atoms with E-state index >= 15 is 0 Å². The van der Waals surface area contributed by atoms with Gasteiger partial charge in [-0.3, -0.25) is 0 Å². The zero-order valence-electron chi connectivity index (χ0n) is 13.3. The lowest BCUT2D eigenvalue weighted by molar-refractivity contribution is 0.314. The van der Waals surface area contributed by atoms with Crippen LogP contribution < -0.4 is 15.0 Å². The van der Waals surface area contributed by atoms with Crippen LogP contribution in [0.5, 0.6) is 5.75 Å². The van der Waals surface area contributed by atoms with E-state index in [1.165, 1.54) is 0 Å². The van der Waals surface area contributed by atoms with Crippen molar-refractivity contribution in [2.45, 2.75) is 13.8 Å². The van der Waals surface area contributed by atoms with Crippen molar-refractivity contribution in [3.63, 3.8) is 0 Å². The van der Waals surface area contributed by atoms with Gasteiger partial charge in [0.15, 0.2) is 11.6 Å². The molecule has 0 fully saturated rings. The van der Waals surface area contributed by atoms with Gasteiger partial charge in [0.25, 0.3) is 0 Å². The summed E-state index contributed by atoms with van der Waals surface area (Å²) in [6, 6.07) is 7.58. The van der Waals surface area contributed by atoms with Gasteiger partial charge in [-0.25, -0.2) is 14.6 Å². The minimum atomic E-state index is 0.372. The van der Waals surface area contributed by atoms with E-state index in [-0.39, 0.29) is 0 Å². The maximum Gasteiger partial charge on any atom is 0.245 e. The van der Waals surface area contributed by atoms with Crippen LogP contribution in [-0.2, 0) is 0 Å². The van der Waals surface area contributed by atoms with Gasteiger partial charge >= 0.3 is 0 Å². The van der Waals surface area contributed by atoms with Crippen LogP contribution in [0.3, 0.4) is 0 Å². The topological polar surface area (TPSA) is 89.2 Å². The third-order valence-corrected chi connectivity index (χ3v) is 3.51. The largest absolute Gasteiger partial charge is 0.497 e. The molecule has 23 heavy (non-hydrogen) atoms. The maximum atomic E-state index is 5.17. The number of aromatic nitrogens is 4. The van der Waals surface area contributed by atoms with Crippen molar-refractivity contribution in [2.75, 3.05) is 30.4 Å². The Morgan fingerprint density at radius 1 is 1.04 bits per heavy atom. The van der Waals surface area contributed by atoms with E-state index in [1.54, 1.807) is 7.11 Å². The highest BCUT2D eigenvalue weighted by Gasteiger charge is 2.16. The van der Waals surface area contributed by atoms with E-state index in [0.29, 0.717) is 22.9 Å². The number of fused-ring (bicyclic) bond motifs is 1. The molecule has 0 radical (unpaired) electrons. The van der Waals surface area contributed by atoms with Crippen LogP contribution in [0.4, 0.5) is 17.3 Å². The Morgan fingerprint density at radius 2 is 1.70 bits per heavy atom. The normalized spacial score (nSPS) is 10.7. The predicted molar refractivity (Wildman–Crippen MR) is 87.2 cm³/mol. The van der Waals surface area contributed by atoms with Crippen molar-refractivity contribution >= 4 is 28.6 Å². The molecule has 8 nitrogen and oxygen atoms in total. The average molecular weight is 314 g/mol. The molecule has 0 bridgehead atoms. The van der Waals surface area contributed by atoms with Crippen LogP contribution in [0.1, 0.15) is 13.8 Å². The summed E-state index contributed by atoms with van der Waals surface area (Å²) in [4.78, 5) is 11.1. The minimum absolute atomic E-state index is 0.372. The highest BCUT2D eigenvalue weighted by atomic mass is 16.6. The van der Waals surface area contributed by atoms with Gasteiger partial charge in [0.1, 0.15) is 5.75 Å². The maximum absolute atomic E-state index is 5.17. The van der Waals surface area contributed by atoms with Crippen molar-refractivity contribution in [2.24, 2.45) is 0 Å². The summed E-state index contributed by atoms with van der Waals surface area (Å²) in [5.74, 6) is 2.12. The Morgan fingerprint density at radius 3 is 2.30 bits per heavy atom. The Bertz CT molecular complexity index is 782. The molecule has 2 heterocycles. The number of nitrogens with zero attached hydrogens (tertiary/aromatic N) is 5. The quantitative estimate of drug-likeness (QED) is 0.742. The Balaban J connectivity index is 2.00. The van der Waals surface area contributed by atoms with Gasteiger partial charge in [-0.2, -0.15) is 0 Å². The van der Waals surface area contributed by atoms with Crippen LogP contribution >= 0.6 is 0 Å². The molecular formula is C15H18N6O2. The molecule has 3 aromatic rings. The molecule has 0 aliphatic carbocycles. The summed E-state index contributed by atoms with van der Waals surface area (Å²) in [5, 5.41) is 10.8. The summed E-state index contributed by atoms with van der Waals surface area (Å²) >= 11 is 0. The fourth-order valence-corrected chi connectivity index (χ4v) is 2.27. The summed E-state index contributed by atoms with van der Waals surface area (Å²) in [6.45, 7) is 5.74. The number of ether oxygens (including phenoxy) is 1. The lowest BCUT2D eigenvalue weighted by Gasteiger charge is -2.22.